The first kappa shape index (κ1) is 13.3. The van der Waals surface area contributed by atoms with Crippen molar-refractivity contribution in [1.29, 1.82) is 0 Å². The minimum Gasteiger partial charge on any atom is -0.329 e. The van der Waals surface area contributed by atoms with Crippen LogP contribution in [0, 0.1) is 0 Å². The van der Waals surface area contributed by atoms with Gasteiger partial charge in [-0.1, -0.05) is 48.5 Å². The smallest absolute Gasteiger partial charge is 0.237 e. The summed E-state index contributed by atoms with van der Waals surface area (Å²) >= 11 is 0. The predicted molar refractivity (Wildman–Crippen MR) is 89.7 cm³/mol. The van der Waals surface area contributed by atoms with Crippen LogP contribution in [-0.2, 0) is 11.2 Å². The van der Waals surface area contributed by atoms with E-state index in [-0.39, 0.29) is 12.1 Å². The highest BCUT2D eigenvalue weighted by molar-refractivity contribution is 6.02. The van der Waals surface area contributed by atoms with Crippen LogP contribution in [0.4, 0.5) is 0 Å². The first-order valence-corrected chi connectivity index (χ1v) is 7.62. The fourth-order valence-electron chi connectivity index (χ4n) is 3.37. The van der Waals surface area contributed by atoms with E-state index in [1.165, 1.54) is 27.1 Å². The summed E-state index contributed by atoms with van der Waals surface area (Å²) < 4.78 is 0. The number of rotatable bonds is 2. The fraction of sp³-hybridized carbons (Fsp3) is 0.211. The van der Waals surface area contributed by atoms with Gasteiger partial charge in [-0.05, 0) is 33.2 Å². The van der Waals surface area contributed by atoms with Crippen molar-refractivity contribution in [1.82, 2.24) is 10.2 Å². The monoisotopic (exact) mass is 290 g/mol. The summed E-state index contributed by atoms with van der Waals surface area (Å²) in [7, 11) is 1.88. The molecule has 0 radical (unpaired) electrons. The van der Waals surface area contributed by atoms with Gasteiger partial charge in [-0.3, -0.25) is 10.1 Å². The summed E-state index contributed by atoms with van der Waals surface area (Å²) in [6.45, 7) is 0.434. The minimum atomic E-state index is 0.0710. The lowest BCUT2D eigenvalue weighted by molar-refractivity contribution is -0.126. The third-order valence-electron chi connectivity index (χ3n) is 4.63. The Kier molecular flexibility index (Phi) is 3.09. The molecule has 0 saturated carbocycles. The van der Waals surface area contributed by atoms with Gasteiger partial charge >= 0.3 is 0 Å². The summed E-state index contributed by atoms with van der Waals surface area (Å²) in [5, 5.41) is 8.36. The second-order valence-corrected chi connectivity index (χ2v) is 5.90. The SMILES string of the molecule is CN1C(=O)CN[C@H]1Cc1c2ccccc2cc2ccccc12. The molecular formula is C19H18N2O. The molecule has 0 spiro atoms. The number of benzene rings is 3. The molecule has 3 heteroatoms. The molecule has 3 aromatic rings. The molecule has 1 amide bonds. The Bertz CT molecular complexity index is 818. The van der Waals surface area contributed by atoms with Crippen molar-refractivity contribution in [3.8, 4) is 0 Å². The van der Waals surface area contributed by atoms with E-state index in [1.807, 2.05) is 11.9 Å². The standard InChI is InChI=1S/C19H18N2O/c1-21-18(20-12-19(21)22)11-17-15-8-4-2-6-13(15)10-14-7-3-5-9-16(14)17/h2-10,18,20H,11-12H2,1H3/t18-/m1/s1. The first-order chi connectivity index (χ1) is 10.7. The average Bonchev–Trinajstić information content (AvgIpc) is 2.86. The van der Waals surface area contributed by atoms with Crippen molar-refractivity contribution in [3.05, 3.63) is 60.2 Å². The van der Waals surface area contributed by atoms with Crippen molar-refractivity contribution in [2.45, 2.75) is 12.6 Å². The molecule has 1 N–H and O–H groups in total. The van der Waals surface area contributed by atoms with Crippen molar-refractivity contribution >= 4 is 27.5 Å². The van der Waals surface area contributed by atoms with Gasteiger partial charge in [-0.15, -0.1) is 0 Å². The number of hydrogen-bond donors (Lipinski definition) is 1. The quantitative estimate of drug-likeness (QED) is 0.736. The fourth-order valence-corrected chi connectivity index (χ4v) is 3.37. The molecule has 3 aromatic carbocycles. The van der Waals surface area contributed by atoms with Crippen LogP contribution in [0.3, 0.4) is 0 Å². The van der Waals surface area contributed by atoms with Gasteiger partial charge in [-0.25, -0.2) is 0 Å². The molecule has 1 saturated heterocycles. The third-order valence-corrected chi connectivity index (χ3v) is 4.63. The van der Waals surface area contributed by atoms with Crippen LogP contribution >= 0.6 is 0 Å². The highest BCUT2D eigenvalue weighted by Crippen LogP contribution is 2.30. The van der Waals surface area contributed by atoms with Crippen LogP contribution in [0.2, 0.25) is 0 Å². The molecule has 3 nitrogen and oxygen atoms in total. The van der Waals surface area contributed by atoms with Gasteiger partial charge in [-0.2, -0.15) is 0 Å². The van der Waals surface area contributed by atoms with Crippen molar-refractivity contribution < 1.29 is 4.79 Å². The lowest BCUT2D eigenvalue weighted by atomic mass is 9.94. The van der Waals surface area contributed by atoms with E-state index in [0.717, 1.165) is 6.42 Å². The van der Waals surface area contributed by atoms with Gasteiger partial charge in [0, 0.05) is 13.5 Å². The summed E-state index contributed by atoms with van der Waals surface area (Å²) in [5.74, 6) is 0.162. The second kappa shape index (κ2) is 5.11. The second-order valence-electron chi connectivity index (χ2n) is 5.90. The zero-order valence-electron chi connectivity index (χ0n) is 12.5. The maximum atomic E-state index is 11.8. The molecule has 0 unspecified atom stereocenters. The van der Waals surface area contributed by atoms with Crippen LogP contribution in [-0.4, -0.2) is 30.6 Å². The highest BCUT2D eigenvalue weighted by Gasteiger charge is 2.27. The normalized spacial score (nSPS) is 18.5. The average molecular weight is 290 g/mol. The van der Waals surface area contributed by atoms with Gasteiger partial charge < -0.3 is 4.90 Å². The number of carbonyl (C=O) groups excluding carboxylic acids is 1. The predicted octanol–water partition coefficient (Wildman–Crippen LogP) is 2.92. The number of likely N-dealkylation sites (N-methyl/N-ethyl adjacent to an activating group) is 1. The number of hydrogen-bond acceptors (Lipinski definition) is 2. The number of fused-ring (bicyclic) bond motifs is 2. The van der Waals surface area contributed by atoms with E-state index in [9.17, 15) is 4.79 Å². The van der Waals surface area contributed by atoms with E-state index in [2.05, 4.69) is 59.9 Å². The van der Waals surface area contributed by atoms with Crippen LogP contribution in [0.1, 0.15) is 5.56 Å². The lowest BCUT2D eigenvalue weighted by Crippen LogP contribution is -2.36. The molecule has 22 heavy (non-hydrogen) atoms. The first-order valence-electron chi connectivity index (χ1n) is 7.62. The molecule has 1 aliphatic heterocycles. The van der Waals surface area contributed by atoms with Crippen LogP contribution in [0.15, 0.2) is 54.6 Å². The maximum absolute atomic E-state index is 11.8. The minimum absolute atomic E-state index is 0.0710. The van der Waals surface area contributed by atoms with Gasteiger partial charge in [0.2, 0.25) is 5.91 Å². The van der Waals surface area contributed by atoms with E-state index in [4.69, 9.17) is 0 Å². The lowest BCUT2D eigenvalue weighted by Gasteiger charge is -2.21. The Morgan fingerprint density at radius 2 is 1.64 bits per heavy atom. The Hall–Kier alpha value is -2.39. The van der Waals surface area contributed by atoms with Crippen LogP contribution in [0.25, 0.3) is 21.5 Å². The molecule has 0 bridgehead atoms. The van der Waals surface area contributed by atoms with Gasteiger partial charge in [0.05, 0.1) is 12.7 Å². The molecule has 4 rings (SSSR count). The largest absolute Gasteiger partial charge is 0.329 e. The Morgan fingerprint density at radius 3 is 2.18 bits per heavy atom. The number of amides is 1. The number of nitrogens with one attached hydrogen (secondary N) is 1. The van der Waals surface area contributed by atoms with Crippen LogP contribution in [0.5, 0.6) is 0 Å². The van der Waals surface area contributed by atoms with Crippen LogP contribution < -0.4 is 5.32 Å². The molecule has 1 atom stereocenters. The summed E-state index contributed by atoms with van der Waals surface area (Å²) in [4.78, 5) is 13.6. The summed E-state index contributed by atoms with van der Waals surface area (Å²) in [6, 6.07) is 19.2. The Morgan fingerprint density at radius 1 is 1.05 bits per heavy atom. The van der Waals surface area contributed by atoms with Gasteiger partial charge in [0.25, 0.3) is 0 Å². The Balaban J connectivity index is 1.91. The van der Waals surface area contributed by atoms with E-state index >= 15 is 0 Å². The molecule has 1 fully saturated rings. The molecular weight excluding hydrogens is 272 g/mol. The van der Waals surface area contributed by atoms with Crippen molar-refractivity contribution in [2.24, 2.45) is 0 Å². The number of nitrogens with zero attached hydrogens (tertiary/aromatic N) is 1. The molecule has 110 valence electrons. The topological polar surface area (TPSA) is 32.3 Å². The Labute approximate surface area is 129 Å². The molecule has 1 aliphatic rings. The molecule has 0 aliphatic carbocycles. The number of carbonyl (C=O) groups is 1. The van der Waals surface area contributed by atoms with E-state index < -0.39 is 0 Å². The summed E-state index contributed by atoms with van der Waals surface area (Å²) in [5.41, 5.74) is 1.31. The van der Waals surface area contributed by atoms with Gasteiger partial charge in [0.1, 0.15) is 0 Å². The van der Waals surface area contributed by atoms with E-state index in [1.54, 1.807) is 0 Å². The zero-order valence-corrected chi connectivity index (χ0v) is 12.5. The van der Waals surface area contributed by atoms with Crippen molar-refractivity contribution in [2.75, 3.05) is 13.6 Å². The third kappa shape index (κ3) is 2.06. The maximum Gasteiger partial charge on any atom is 0.237 e. The van der Waals surface area contributed by atoms with Crippen molar-refractivity contribution in [3.63, 3.8) is 0 Å². The van der Waals surface area contributed by atoms with E-state index in [0.29, 0.717) is 6.54 Å². The molecule has 1 heterocycles. The summed E-state index contributed by atoms with van der Waals surface area (Å²) in [6.07, 6.45) is 0.895. The molecule has 0 aromatic heterocycles. The zero-order chi connectivity index (χ0) is 15.1. The highest BCUT2D eigenvalue weighted by atomic mass is 16.2. The van der Waals surface area contributed by atoms with Gasteiger partial charge in [0.15, 0.2) is 0 Å².